The summed E-state index contributed by atoms with van der Waals surface area (Å²) in [5.74, 6) is 1.47. The lowest BCUT2D eigenvalue weighted by Gasteiger charge is -2.39. The van der Waals surface area contributed by atoms with Gasteiger partial charge in [0.15, 0.2) is 6.29 Å². The number of hydrogen-bond donors (Lipinski definition) is 1. The van der Waals surface area contributed by atoms with Crippen LogP contribution in [0.25, 0.3) is 0 Å². The molecule has 0 aromatic carbocycles. The average molecular weight is 441 g/mol. The second-order valence-electron chi connectivity index (χ2n) is 9.20. The molecule has 0 aromatic rings. The van der Waals surface area contributed by atoms with Crippen molar-refractivity contribution < 1.29 is 28.8 Å². The number of methoxy groups -OCH3 is 4. The molecule has 2 fully saturated rings. The fraction of sp³-hybridized carbons (Fsp3) is 0.840. The molecular formula is C25H44O6. The van der Waals surface area contributed by atoms with E-state index in [2.05, 4.69) is 26.8 Å². The first-order valence-corrected chi connectivity index (χ1v) is 11.6. The van der Waals surface area contributed by atoms with Crippen LogP contribution in [0.4, 0.5) is 0 Å². The summed E-state index contributed by atoms with van der Waals surface area (Å²) >= 11 is 0. The number of aliphatic hydroxyl groups is 1. The predicted octanol–water partition coefficient (Wildman–Crippen LogP) is 3.97. The number of rotatable bonds is 12. The molecule has 6 heteroatoms. The van der Waals surface area contributed by atoms with E-state index >= 15 is 0 Å². The highest BCUT2D eigenvalue weighted by Crippen LogP contribution is 2.49. The van der Waals surface area contributed by atoms with Crippen LogP contribution in [0.3, 0.4) is 0 Å². The molecule has 10 atom stereocenters. The molecule has 1 heterocycles. The fourth-order valence-corrected chi connectivity index (χ4v) is 5.06. The van der Waals surface area contributed by atoms with E-state index in [9.17, 15) is 5.11 Å². The number of aliphatic hydroxyl groups excluding tert-OH is 1. The SMILES string of the molecule is CC[C@H](OC)[C@@H](C)[C@H]1CC1[C@H](O)[C@@H](C)/C=C/C=C(\C)[C@@H]1O[C@@H](OC)[C@H](OC)C[C@H]1OC. The van der Waals surface area contributed by atoms with Crippen LogP contribution in [0.1, 0.15) is 47.0 Å². The van der Waals surface area contributed by atoms with Gasteiger partial charge in [0, 0.05) is 40.8 Å². The quantitative estimate of drug-likeness (QED) is 0.463. The van der Waals surface area contributed by atoms with E-state index in [0.717, 1.165) is 18.4 Å². The maximum atomic E-state index is 10.8. The van der Waals surface area contributed by atoms with Gasteiger partial charge < -0.3 is 28.8 Å². The minimum Gasteiger partial charge on any atom is -0.392 e. The van der Waals surface area contributed by atoms with Crippen LogP contribution in [-0.2, 0) is 23.7 Å². The number of ether oxygens (including phenoxy) is 5. The molecule has 0 spiro atoms. The first-order valence-electron chi connectivity index (χ1n) is 11.6. The summed E-state index contributed by atoms with van der Waals surface area (Å²) in [6, 6.07) is 0. The van der Waals surface area contributed by atoms with Crippen molar-refractivity contribution in [2.24, 2.45) is 23.7 Å². The van der Waals surface area contributed by atoms with Crippen LogP contribution in [-0.4, -0.2) is 70.4 Å². The average Bonchev–Trinajstić information content (AvgIpc) is 3.58. The van der Waals surface area contributed by atoms with Gasteiger partial charge in [0.25, 0.3) is 0 Å². The third kappa shape index (κ3) is 6.62. The standard InChI is InChI=1S/C25H44O6/c1-9-20(27-5)17(4)18-13-19(18)23(26)15(2)11-10-12-16(3)24-21(28-6)14-22(29-7)25(30-8)31-24/h10-12,15,17-26H,9,13-14H2,1-8H3/b11-10+,16-12+/t15-,17-,18+,19?,20-,21+,22+,23+,24-,25+/m0/s1. The third-order valence-electron chi connectivity index (χ3n) is 7.28. The van der Waals surface area contributed by atoms with Crippen LogP contribution in [0.2, 0.25) is 0 Å². The molecule has 1 unspecified atom stereocenters. The van der Waals surface area contributed by atoms with E-state index in [1.165, 1.54) is 0 Å². The summed E-state index contributed by atoms with van der Waals surface area (Å²) < 4.78 is 28.3. The largest absolute Gasteiger partial charge is 0.392 e. The first-order chi connectivity index (χ1) is 14.8. The number of allylic oxidation sites excluding steroid dienone is 2. The van der Waals surface area contributed by atoms with Crippen LogP contribution in [0.15, 0.2) is 23.8 Å². The highest BCUT2D eigenvalue weighted by Gasteiger charge is 2.48. The minimum atomic E-state index is -0.415. The molecule has 0 radical (unpaired) electrons. The van der Waals surface area contributed by atoms with Crippen molar-refractivity contribution in [3.05, 3.63) is 23.8 Å². The number of hydrogen-bond acceptors (Lipinski definition) is 6. The van der Waals surface area contributed by atoms with Gasteiger partial charge in [0.05, 0.1) is 18.3 Å². The Balaban J connectivity index is 1.93. The summed E-state index contributed by atoms with van der Waals surface area (Å²) in [6.07, 6.45) is 8.05. The van der Waals surface area contributed by atoms with Crippen LogP contribution < -0.4 is 0 Å². The second-order valence-corrected chi connectivity index (χ2v) is 9.20. The van der Waals surface area contributed by atoms with Gasteiger partial charge in [-0.1, -0.05) is 39.0 Å². The lowest BCUT2D eigenvalue weighted by molar-refractivity contribution is -0.256. The van der Waals surface area contributed by atoms with Gasteiger partial charge in [-0.25, -0.2) is 0 Å². The van der Waals surface area contributed by atoms with Crippen LogP contribution >= 0.6 is 0 Å². The third-order valence-corrected chi connectivity index (χ3v) is 7.28. The summed E-state index contributed by atoms with van der Waals surface area (Å²) in [5.41, 5.74) is 1.06. The topological polar surface area (TPSA) is 66.4 Å². The summed E-state index contributed by atoms with van der Waals surface area (Å²) in [6.45, 7) is 8.53. The van der Waals surface area contributed by atoms with E-state index < -0.39 is 6.29 Å². The van der Waals surface area contributed by atoms with Gasteiger partial charge in [-0.2, -0.15) is 0 Å². The molecule has 1 aliphatic heterocycles. The van der Waals surface area contributed by atoms with E-state index in [4.69, 9.17) is 23.7 Å². The van der Waals surface area contributed by atoms with Crippen molar-refractivity contribution >= 4 is 0 Å². The molecule has 2 aliphatic rings. The predicted molar refractivity (Wildman–Crippen MR) is 122 cm³/mol. The Hall–Kier alpha value is -0.760. The van der Waals surface area contributed by atoms with Gasteiger partial charge in [0.1, 0.15) is 12.2 Å². The van der Waals surface area contributed by atoms with Crippen molar-refractivity contribution in [1.29, 1.82) is 0 Å². The zero-order valence-electron chi connectivity index (χ0n) is 20.6. The van der Waals surface area contributed by atoms with E-state index in [-0.39, 0.29) is 36.4 Å². The van der Waals surface area contributed by atoms with Crippen LogP contribution in [0.5, 0.6) is 0 Å². The zero-order valence-corrected chi connectivity index (χ0v) is 20.6. The Labute approximate surface area is 188 Å². The van der Waals surface area contributed by atoms with E-state index in [0.29, 0.717) is 24.2 Å². The van der Waals surface area contributed by atoms with Gasteiger partial charge in [-0.05, 0) is 43.1 Å². The molecule has 2 rings (SSSR count). The molecule has 0 aromatic heterocycles. The smallest absolute Gasteiger partial charge is 0.184 e. The first kappa shape index (κ1) is 26.5. The molecule has 180 valence electrons. The van der Waals surface area contributed by atoms with Crippen molar-refractivity contribution in [1.82, 2.24) is 0 Å². The second kappa shape index (κ2) is 12.5. The maximum Gasteiger partial charge on any atom is 0.184 e. The summed E-state index contributed by atoms with van der Waals surface area (Å²) in [7, 11) is 6.77. The monoisotopic (exact) mass is 440 g/mol. The maximum absolute atomic E-state index is 10.8. The van der Waals surface area contributed by atoms with Gasteiger partial charge >= 0.3 is 0 Å². The molecule has 1 N–H and O–H groups in total. The van der Waals surface area contributed by atoms with Crippen molar-refractivity contribution in [3.8, 4) is 0 Å². The lowest BCUT2D eigenvalue weighted by Crippen LogP contribution is -2.49. The van der Waals surface area contributed by atoms with Gasteiger partial charge in [-0.3, -0.25) is 0 Å². The Morgan fingerprint density at radius 3 is 2.26 bits per heavy atom. The normalized spacial score (nSPS) is 35.7. The molecular weight excluding hydrogens is 396 g/mol. The Morgan fingerprint density at radius 1 is 1.03 bits per heavy atom. The highest BCUT2D eigenvalue weighted by molar-refractivity contribution is 5.18. The molecule has 31 heavy (non-hydrogen) atoms. The van der Waals surface area contributed by atoms with E-state index in [1.807, 2.05) is 19.1 Å². The molecule has 1 aliphatic carbocycles. The molecule has 1 saturated heterocycles. The molecule has 0 amide bonds. The molecule has 0 bridgehead atoms. The van der Waals surface area contributed by atoms with Crippen LogP contribution in [0, 0.1) is 23.7 Å². The highest BCUT2D eigenvalue weighted by atomic mass is 16.7. The van der Waals surface area contributed by atoms with Gasteiger partial charge in [0.2, 0.25) is 0 Å². The molecule has 6 nitrogen and oxygen atoms in total. The summed E-state index contributed by atoms with van der Waals surface area (Å²) in [4.78, 5) is 0. The zero-order chi connectivity index (χ0) is 23.1. The lowest BCUT2D eigenvalue weighted by atomic mass is 9.91. The van der Waals surface area contributed by atoms with Crippen molar-refractivity contribution in [2.45, 2.75) is 83.8 Å². The Kier molecular flexibility index (Phi) is 10.7. The molecule has 1 saturated carbocycles. The summed E-state index contributed by atoms with van der Waals surface area (Å²) in [5, 5.41) is 10.8. The Morgan fingerprint density at radius 2 is 1.71 bits per heavy atom. The fourth-order valence-electron chi connectivity index (χ4n) is 5.06. The van der Waals surface area contributed by atoms with E-state index in [1.54, 1.807) is 28.4 Å². The Bertz CT molecular complexity index is 587. The minimum absolute atomic E-state index is 0.0870. The van der Waals surface area contributed by atoms with Crippen molar-refractivity contribution in [2.75, 3.05) is 28.4 Å². The van der Waals surface area contributed by atoms with Gasteiger partial charge in [-0.15, -0.1) is 0 Å². The van der Waals surface area contributed by atoms with Crippen molar-refractivity contribution in [3.63, 3.8) is 0 Å².